The van der Waals surface area contributed by atoms with Gasteiger partial charge in [-0.1, -0.05) is 6.92 Å². The van der Waals surface area contributed by atoms with Crippen LogP contribution in [0.5, 0.6) is 0 Å². The van der Waals surface area contributed by atoms with Crippen molar-refractivity contribution < 1.29 is 18.0 Å². The van der Waals surface area contributed by atoms with Crippen molar-refractivity contribution in [2.75, 3.05) is 26.2 Å². The Kier molecular flexibility index (Phi) is 5.82. The van der Waals surface area contributed by atoms with Crippen molar-refractivity contribution in [3.05, 3.63) is 44.3 Å². The number of pyridine rings is 1. The second-order valence-corrected chi connectivity index (χ2v) is 9.20. The van der Waals surface area contributed by atoms with Gasteiger partial charge in [0, 0.05) is 43.5 Å². The maximum Gasteiger partial charge on any atom is 0.433 e. The van der Waals surface area contributed by atoms with Gasteiger partial charge in [-0.25, -0.2) is 9.97 Å². The average Bonchev–Trinajstić information content (AvgIpc) is 3.31. The second kappa shape index (κ2) is 8.24. The zero-order valence-corrected chi connectivity index (χ0v) is 18.3. The van der Waals surface area contributed by atoms with Crippen LogP contribution in [0.1, 0.15) is 38.6 Å². The van der Waals surface area contributed by atoms with Crippen LogP contribution in [-0.2, 0) is 19.1 Å². The number of thiazole rings is 1. The fourth-order valence-electron chi connectivity index (χ4n) is 3.53. The van der Waals surface area contributed by atoms with Crippen LogP contribution in [0.25, 0.3) is 10.2 Å². The fourth-order valence-corrected chi connectivity index (χ4v) is 5.41. The lowest BCUT2D eigenvalue weighted by atomic mass is 10.1. The van der Waals surface area contributed by atoms with E-state index in [1.54, 1.807) is 23.2 Å². The van der Waals surface area contributed by atoms with Crippen molar-refractivity contribution in [2.24, 2.45) is 0 Å². The third-order valence-electron chi connectivity index (χ3n) is 5.24. The molecule has 4 heterocycles. The van der Waals surface area contributed by atoms with E-state index >= 15 is 0 Å². The van der Waals surface area contributed by atoms with Crippen molar-refractivity contribution in [2.45, 2.75) is 33.0 Å². The zero-order chi connectivity index (χ0) is 21.5. The minimum Gasteiger partial charge on any atom is -0.335 e. The largest absolute Gasteiger partial charge is 0.433 e. The number of nitrogens with zero attached hydrogens (tertiary/aromatic N) is 4. The summed E-state index contributed by atoms with van der Waals surface area (Å²) in [6, 6.07) is 2.38. The summed E-state index contributed by atoms with van der Waals surface area (Å²) in [7, 11) is 0. The lowest BCUT2D eigenvalue weighted by Crippen LogP contribution is -2.48. The minimum atomic E-state index is -4.50. The first kappa shape index (κ1) is 21.2. The van der Waals surface area contributed by atoms with Gasteiger partial charge < -0.3 is 4.90 Å². The fraction of sp³-hybridized carbons (Fsp3) is 0.450. The van der Waals surface area contributed by atoms with Gasteiger partial charge in [0.15, 0.2) is 0 Å². The van der Waals surface area contributed by atoms with Crippen molar-refractivity contribution in [1.29, 1.82) is 0 Å². The van der Waals surface area contributed by atoms with E-state index in [2.05, 4.69) is 27.2 Å². The van der Waals surface area contributed by atoms with E-state index in [-0.39, 0.29) is 10.7 Å². The third kappa shape index (κ3) is 4.21. The first-order valence-corrected chi connectivity index (χ1v) is 11.4. The Hall–Kier alpha value is -2.04. The highest BCUT2D eigenvalue weighted by Gasteiger charge is 2.33. The van der Waals surface area contributed by atoms with Gasteiger partial charge in [0.1, 0.15) is 10.5 Å². The van der Waals surface area contributed by atoms with Gasteiger partial charge in [-0.15, -0.1) is 22.7 Å². The predicted octanol–water partition coefficient (Wildman–Crippen LogP) is 4.60. The summed E-state index contributed by atoms with van der Waals surface area (Å²) in [5.41, 5.74) is 0.818. The van der Waals surface area contributed by atoms with Gasteiger partial charge in [-0.2, -0.15) is 13.2 Å². The topological polar surface area (TPSA) is 49.3 Å². The molecule has 0 aliphatic carbocycles. The summed E-state index contributed by atoms with van der Waals surface area (Å²) in [6.45, 7) is 7.27. The molecule has 5 nitrogen and oxygen atoms in total. The number of amides is 1. The summed E-state index contributed by atoms with van der Waals surface area (Å²) >= 11 is 2.71. The number of alkyl halides is 3. The summed E-state index contributed by atoms with van der Waals surface area (Å²) in [5, 5.41) is 3.81. The van der Waals surface area contributed by atoms with Gasteiger partial charge in [-0.05, 0) is 31.0 Å². The van der Waals surface area contributed by atoms with E-state index in [0.29, 0.717) is 28.9 Å². The molecule has 0 spiro atoms. The van der Waals surface area contributed by atoms with Crippen molar-refractivity contribution in [3.63, 3.8) is 0 Å². The molecular weight excluding hydrogens is 433 g/mol. The summed E-state index contributed by atoms with van der Waals surface area (Å²) in [5.74, 6) is -0.134. The molecule has 0 unspecified atom stereocenters. The van der Waals surface area contributed by atoms with E-state index in [0.717, 1.165) is 54.2 Å². The predicted molar refractivity (Wildman–Crippen MR) is 112 cm³/mol. The molecule has 1 saturated heterocycles. The molecule has 0 atom stereocenters. The van der Waals surface area contributed by atoms with Crippen molar-refractivity contribution in [1.82, 2.24) is 19.8 Å². The Bertz CT molecular complexity index is 1070. The first-order chi connectivity index (χ1) is 14.3. The molecule has 1 fully saturated rings. The highest BCUT2D eigenvalue weighted by molar-refractivity contribution is 7.20. The standard InChI is InChI=1S/C20H21F3N4OS2/c1-3-16-24-13(11-29-16)10-26-6-8-27(9-7-26)19(28)17-12(2)14-4-5-15(20(21,22)23)25-18(14)30-17/h4-5,11H,3,6-10H2,1-2H3. The molecule has 0 N–H and O–H groups in total. The van der Waals surface area contributed by atoms with E-state index < -0.39 is 11.9 Å². The third-order valence-corrected chi connectivity index (χ3v) is 7.47. The number of aromatic nitrogens is 2. The molecule has 1 aliphatic rings. The monoisotopic (exact) mass is 454 g/mol. The van der Waals surface area contributed by atoms with E-state index in [1.165, 1.54) is 6.07 Å². The highest BCUT2D eigenvalue weighted by atomic mass is 32.1. The number of piperazine rings is 1. The van der Waals surface area contributed by atoms with Gasteiger partial charge in [0.2, 0.25) is 0 Å². The van der Waals surface area contributed by atoms with Crippen LogP contribution in [0, 0.1) is 6.92 Å². The number of carbonyl (C=O) groups is 1. The zero-order valence-electron chi connectivity index (χ0n) is 16.6. The Morgan fingerprint density at radius 3 is 2.53 bits per heavy atom. The maximum absolute atomic E-state index is 13.0. The van der Waals surface area contributed by atoms with Crippen LogP contribution in [0.15, 0.2) is 17.5 Å². The number of rotatable bonds is 4. The average molecular weight is 455 g/mol. The molecule has 4 rings (SSSR count). The normalized spacial score (nSPS) is 15.8. The molecular formula is C20H21F3N4OS2. The number of fused-ring (bicyclic) bond motifs is 1. The highest BCUT2D eigenvalue weighted by Crippen LogP contribution is 2.34. The van der Waals surface area contributed by atoms with E-state index in [9.17, 15) is 18.0 Å². The lowest BCUT2D eigenvalue weighted by molar-refractivity contribution is -0.140. The van der Waals surface area contributed by atoms with Crippen LogP contribution in [0.2, 0.25) is 0 Å². The second-order valence-electron chi connectivity index (χ2n) is 7.26. The van der Waals surface area contributed by atoms with E-state index in [4.69, 9.17) is 0 Å². The molecule has 10 heteroatoms. The van der Waals surface area contributed by atoms with Gasteiger partial charge in [0.05, 0.1) is 15.6 Å². The maximum atomic E-state index is 13.0. The summed E-state index contributed by atoms with van der Waals surface area (Å²) < 4.78 is 38.8. The summed E-state index contributed by atoms with van der Waals surface area (Å²) in [4.78, 5) is 26.1. The molecule has 0 saturated carbocycles. The lowest BCUT2D eigenvalue weighted by Gasteiger charge is -2.34. The number of carbonyl (C=O) groups excluding carboxylic acids is 1. The molecule has 0 aromatic carbocycles. The van der Waals surface area contributed by atoms with Crippen molar-refractivity contribution >= 4 is 38.8 Å². The number of aryl methyl sites for hydroxylation is 2. The number of halogens is 3. The van der Waals surface area contributed by atoms with Crippen LogP contribution in [-0.4, -0.2) is 51.9 Å². The molecule has 160 valence electrons. The minimum absolute atomic E-state index is 0.134. The molecule has 3 aromatic heterocycles. The Balaban J connectivity index is 1.44. The number of hydrogen-bond acceptors (Lipinski definition) is 6. The first-order valence-electron chi connectivity index (χ1n) is 9.68. The Labute approximate surface area is 180 Å². The van der Waals surface area contributed by atoms with Gasteiger partial charge in [-0.3, -0.25) is 9.69 Å². The molecule has 30 heavy (non-hydrogen) atoms. The van der Waals surface area contributed by atoms with Crippen LogP contribution in [0.3, 0.4) is 0 Å². The Morgan fingerprint density at radius 2 is 1.90 bits per heavy atom. The molecule has 0 radical (unpaired) electrons. The van der Waals surface area contributed by atoms with Gasteiger partial charge in [0.25, 0.3) is 5.91 Å². The molecule has 3 aromatic rings. The van der Waals surface area contributed by atoms with Crippen LogP contribution >= 0.6 is 22.7 Å². The quantitative estimate of drug-likeness (QED) is 0.578. The molecule has 0 bridgehead atoms. The number of thiophene rings is 1. The van der Waals surface area contributed by atoms with Crippen molar-refractivity contribution in [3.8, 4) is 0 Å². The van der Waals surface area contributed by atoms with Crippen LogP contribution < -0.4 is 0 Å². The van der Waals surface area contributed by atoms with Crippen LogP contribution in [0.4, 0.5) is 13.2 Å². The molecule has 1 amide bonds. The van der Waals surface area contributed by atoms with E-state index in [1.807, 2.05) is 0 Å². The number of hydrogen-bond donors (Lipinski definition) is 0. The SMILES string of the molecule is CCc1nc(CN2CCN(C(=O)c3sc4nc(C(F)(F)F)ccc4c3C)CC2)cs1. The van der Waals surface area contributed by atoms with Gasteiger partial charge >= 0.3 is 6.18 Å². The smallest absolute Gasteiger partial charge is 0.335 e. The molecule has 1 aliphatic heterocycles. The Morgan fingerprint density at radius 1 is 1.17 bits per heavy atom. The summed E-state index contributed by atoms with van der Waals surface area (Å²) in [6.07, 6.45) is -3.57.